The summed E-state index contributed by atoms with van der Waals surface area (Å²) in [5.41, 5.74) is 10.6. The van der Waals surface area contributed by atoms with Crippen molar-refractivity contribution in [3.63, 3.8) is 0 Å². The second-order valence-electron chi connectivity index (χ2n) is 10.3. The molecule has 10 heteroatoms. The standard InChI is InChI=1S/C15H21N3O.C13H11.C4H8N2O2.C3H8.C2H3O.Yb/c1-10(18-15(19)11(2)16-3)8-12-9-17-14-7-5-4-6-13(12)14;1-11-7-9-13(10-8-11)12-5-3-2-4-6-12;1-3(7)6-2-4(5)8;1-3-2;1-2-3;/h4-7,9-11,16-17H,8H2,1-3H3,(H,18,19);2-10H,1H2;2H2,1H3,(H2,5,8)(H,6,7);3H2,1-2H3;1H3;/q;-1;;;-1;+2. The van der Waals surface area contributed by atoms with Crippen molar-refractivity contribution in [2.24, 2.45) is 5.73 Å². The van der Waals surface area contributed by atoms with Gasteiger partial charge < -0.3 is 31.5 Å². The summed E-state index contributed by atoms with van der Waals surface area (Å²) in [6.07, 6.45) is 5.60. The van der Waals surface area contributed by atoms with Gasteiger partial charge in [-0.25, -0.2) is 0 Å². The molecule has 4 rings (SSSR count). The van der Waals surface area contributed by atoms with Crippen molar-refractivity contribution in [2.75, 3.05) is 13.6 Å². The monoisotopic (exact) mass is 803 g/mol. The number of amides is 3. The minimum atomic E-state index is -0.528. The van der Waals surface area contributed by atoms with Crippen LogP contribution in [0.1, 0.15) is 59.1 Å². The van der Waals surface area contributed by atoms with Crippen LogP contribution in [-0.2, 0) is 25.6 Å². The minimum Gasteiger partial charge on any atom is -0.542 e. The van der Waals surface area contributed by atoms with Crippen molar-refractivity contribution in [1.29, 1.82) is 0 Å². The molecule has 2 atom stereocenters. The zero-order valence-electron chi connectivity index (χ0n) is 28.5. The molecule has 3 amide bonds. The number of H-pyrrole nitrogens is 1. The van der Waals surface area contributed by atoms with Crippen LogP contribution < -0.4 is 21.7 Å². The number of carbonyl (C=O) groups excluding carboxylic acids is 4. The third-order valence-corrected chi connectivity index (χ3v) is 5.99. The summed E-state index contributed by atoms with van der Waals surface area (Å²) in [4.78, 5) is 43.7. The van der Waals surface area contributed by atoms with Gasteiger partial charge in [0.15, 0.2) is 0 Å². The van der Waals surface area contributed by atoms with E-state index < -0.39 is 5.91 Å². The van der Waals surface area contributed by atoms with E-state index in [2.05, 4.69) is 83.8 Å². The van der Waals surface area contributed by atoms with Gasteiger partial charge in [0.25, 0.3) is 0 Å². The van der Waals surface area contributed by atoms with Crippen LogP contribution in [0.25, 0.3) is 22.0 Å². The predicted molar refractivity (Wildman–Crippen MR) is 190 cm³/mol. The normalized spacial score (nSPS) is 10.5. The summed E-state index contributed by atoms with van der Waals surface area (Å²) in [5.74, 6) is -0.737. The molecule has 0 fully saturated rings. The van der Waals surface area contributed by atoms with Gasteiger partial charge in [-0.3, -0.25) is 20.7 Å². The fourth-order valence-corrected chi connectivity index (χ4v) is 3.72. The maximum Gasteiger partial charge on any atom is 2.00 e. The van der Waals surface area contributed by atoms with E-state index in [1.165, 1.54) is 48.6 Å². The first-order valence-electron chi connectivity index (χ1n) is 15.2. The Balaban J connectivity index is 0. The van der Waals surface area contributed by atoms with Crippen LogP contribution in [0, 0.1) is 53.8 Å². The molecule has 0 aliphatic rings. The molecule has 0 spiro atoms. The number of primary amides is 1. The Bertz CT molecular complexity index is 1410. The molecular weight excluding hydrogens is 751 g/mol. The molecule has 2 unspecified atom stereocenters. The molecule has 1 aromatic heterocycles. The van der Waals surface area contributed by atoms with E-state index in [1.807, 2.05) is 62.5 Å². The number of benzene rings is 3. The van der Waals surface area contributed by atoms with Gasteiger partial charge in [0, 0.05) is 30.1 Å². The smallest absolute Gasteiger partial charge is 0.542 e. The number of aromatic nitrogens is 1. The zero-order chi connectivity index (χ0) is 34.9. The van der Waals surface area contributed by atoms with Gasteiger partial charge in [-0.05, 0) is 50.1 Å². The maximum absolute atomic E-state index is 11.8. The maximum atomic E-state index is 11.8. The molecule has 0 aliphatic heterocycles. The first-order chi connectivity index (χ1) is 21.9. The molecule has 4 aromatic rings. The number of rotatable bonds is 8. The molecule has 9 nitrogen and oxygen atoms in total. The molecule has 0 bridgehead atoms. The third kappa shape index (κ3) is 21.2. The number of para-hydroxylation sites is 1. The van der Waals surface area contributed by atoms with Crippen molar-refractivity contribution in [3.8, 4) is 11.1 Å². The van der Waals surface area contributed by atoms with Crippen LogP contribution in [0.5, 0.6) is 0 Å². The van der Waals surface area contributed by atoms with Gasteiger partial charge in [0.05, 0.1) is 12.6 Å². The van der Waals surface area contributed by atoms with E-state index in [9.17, 15) is 14.4 Å². The molecule has 47 heavy (non-hydrogen) atoms. The number of fused-ring (bicyclic) bond motifs is 1. The van der Waals surface area contributed by atoms with Crippen LogP contribution in [-0.4, -0.2) is 54.7 Å². The van der Waals surface area contributed by atoms with Crippen molar-refractivity contribution in [1.82, 2.24) is 20.9 Å². The SMILES string of the molecule is CC(=O)NCC(N)=O.CCC.CNC(C)C(=O)NC(C)Cc1c[nH]c2ccccc12.C[C-]=O.[CH2-]c1ccc(-c2ccccc2)cc1.[Yb+2]. The molecule has 3 aromatic carbocycles. The second-order valence-corrected chi connectivity index (χ2v) is 10.3. The van der Waals surface area contributed by atoms with Gasteiger partial charge >= 0.3 is 46.9 Å². The average Bonchev–Trinajstić information content (AvgIpc) is 3.44. The number of hydrogen-bond acceptors (Lipinski definition) is 5. The fraction of sp³-hybridized carbons (Fsp3) is 0.324. The molecule has 1 heterocycles. The van der Waals surface area contributed by atoms with E-state index in [-0.39, 0.29) is 77.4 Å². The van der Waals surface area contributed by atoms with Crippen LogP contribution >= 0.6 is 0 Å². The molecule has 0 saturated heterocycles. The van der Waals surface area contributed by atoms with E-state index in [1.54, 1.807) is 7.05 Å². The summed E-state index contributed by atoms with van der Waals surface area (Å²) in [6.45, 7) is 14.6. The van der Waals surface area contributed by atoms with Gasteiger partial charge in [-0.1, -0.05) is 68.8 Å². The number of nitrogens with one attached hydrogen (secondary N) is 4. The first-order valence-corrected chi connectivity index (χ1v) is 15.2. The zero-order valence-corrected chi connectivity index (χ0v) is 30.3. The molecule has 262 valence electrons. The van der Waals surface area contributed by atoms with E-state index in [4.69, 9.17) is 4.79 Å². The molecule has 0 aliphatic carbocycles. The van der Waals surface area contributed by atoms with Crippen molar-refractivity contribution < 1.29 is 66.1 Å². The Labute approximate surface area is 319 Å². The first kappa shape index (κ1) is 45.8. The molecular formula is C37H51N5O4Yb. The Kier molecular flexibility index (Phi) is 27.0. The third-order valence-electron chi connectivity index (χ3n) is 5.99. The fourth-order valence-electron chi connectivity index (χ4n) is 3.72. The summed E-state index contributed by atoms with van der Waals surface area (Å²) in [7, 11) is 1.79. The topological polar surface area (TPSA) is 146 Å². The summed E-state index contributed by atoms with van der Waals surface area (Å²) >= 11 is 0. The Morgan fingerprint density at radius 2 is 1.43 bits per heavy atom. The van der Waals surface area contributed by atoms with Gasteiger partial charge in [0.2, 0.25) is 17.7 Å². The minimum absolute atomic E-state index is 0. The summed E-state index contributed by atoms with van der Waals surface area (Å²) in [6, 6.07) is 26.8. The number of hydrogen-bond donors (Lipinski definition) is 5. The Morgan fingerprint density at radius 1 is 0.915 bits per heavy atom. The summed E-state index contributed by atoms with van der Waals surface area (Å²) in [5, 5.41) is 9.42. The predicted octanol–water partition coefficient (Wildman–Crippen LogP) is 5.50. The van der Waals surface area contributed by atoms with Crippen molar-refractivity contribution in [3.05, 3.63) is 103 Å². The number of likely N-dealkylation sites (N-methyl/N-ethyl adjacent to an activating group) is 1. The molecule has 0 radical (unpaired) electrons. The van der Waals surface area contributed by atoms with E-state index in [0.29, 0.717) is 0 Å². The Hall–Kier alpha value is -3.37. The van der Waals surface area contributed by atoms with Crippen molar-refractivity contribution >= 4 is 34.9 Å². The van der Waals surface area contributed by atoms with Crippen LogP contribution in [0.15, 0.2) is 85.1 Å². The van der Waals surface area contributed by atoms with E-state index in [0.717, 1.165) is 17.5 Å². The summed E-state index contributed by atoms with van der Waals surface area (Å²) < 4.78 is 0. The second kappa shape index (κ2) is 27.7. The van der Waals surface area contributed by atoms with Crippen LogP contribution in [0.3, 0.4) is 0 Å². The number of carbonyl (C=O) groups is 3. The number of aromatic amines is 1. The van der Waals surface area contributed by atoms with Crippen LogP contribution in [0.4, 0.5) is 0 Å². The van der Waals surface area contributed by atoms with E-state index >= 15 is 0 Å². The largest absolute Gasteiger partial charge is 2.00 e. The van der Waals surface area contributed by atoms with Gasteiger partial charge in [0.1, 0.15) is 0 Å². The molecule has 6 N–H and O–H groups in total. The quantitative estimate of drug-likeness (QED) is 0.150. The van der Waals surface area contributed by atoms with Crippen LogP contribution in [0.2, 0.25) is 0 Å². The van der Waals surface area contributed by atoms with Gasteiger partial charge in [-0.15, -0.1) is 12.1 Å². The number of nitrogens with two attached hydrogens (primary N) is 1. The van der Waals surface area contributed by atoms with Gasteiger partial charge in [-0.2, -0.15) is 31.5 Å². The Morgan fingerprint density at radius 3 is 1.91 bits per heavy atom. The van der Waals surface area contributed by atoms with Crippen molar-refractivity contribution in [2.45, 2.75) is 66.5 Å². The molecule has 0 saturated carbocycles. The average molecular weight is 803 g/mol.